The SMILES string of the molecule is CCC(=O)c1c(CC)nn(Cc2ccc(Br)cc2)c1CC. The van der Waals surface area contributed by atoms with Crippen LogP contribution in [0, 0.1) is 0 Å². The van der Waals surface area contributed by atoms with Crippen molar-refractivity contribution in [3.63, 3.8) is 0 Å². The van der Waals surface area contributed by atoms with Gasteiger partial charge in [-0.1, -0.05) is 48.8 Å². The Balaban J connectivity index is 2.41. The molecular formula is C17H21BrN2O. The molecule has 21 heavy (non-hydrogen) atoms. The van der Waals surface area contributed by atoms with Gasteiger partial charge in [0.15, 0.2) is 5.78 Å². The van der Waals surface area contributed by atoms with Gasteiger partial charge < -0.3 is 0 Å². The Hall–Kier alpha value is -1.42. The number of rotatable bonds is 6. The highest BCUT2D eigenvalue weighted by Crippen LogP contribution is 2.20. The molecule has 0 bridgehead atoms. The zero-order valence-electron chi connectivity index (χ0n) is 12.8. The molecule has 4 heteroatoms. The number of aromatic nitrogens is 2. The van der Waals surface area contributed by atoms with E-state index in [1.807, 2.05) is 23.7 Å². The van der Waals surface area contributed by atoms with Gasteiger partial charge in [0, 0.05) is 16.6 Å². The smallest absolute Gasteiger partial charge is 0.166 e. The molecule has 112 valence electrons. The molecule has 2 rings (SSSR count). The molecule has 0 atom stereocenters. The number of hydrogen-bond acceptors (Lipinski definition) is 2. The van der Waals surface area contributed by atoms with E-state index in [9.17, 15) is 4.79 Å². The number of carbonyl (C=O) groups is 1. The van der Waals surface area contributed by atoms with Gasteiger partial charge in [-0.2, -0.15) is 5.10 Å². The Morgan fingerprint density at radius 2 is 1.81 bits per heavy atom. The maximum absolute atomic E-state index is 12.2. The molecule has 1 heterocycles. The average molecular weight is 349 g/mol. The molecule has 0 amide bonds. The topological polar surface area (TPSA) is 34.9 Å². The summed E-state index contributed by atoms with van der Waals surface area (Å²) in [6, 6.07) is 8.23. The van der Waals surface area contributed by atoms with E-state index in [0.29, 0.717) is 13.0 Å². The zero-order chi connectivity index (χ0) is 15.4. The van der Waals surface area contributed by atoms with Crippen LogP contribution in [0.15, 0.2) is 28.7 Å². The lowest BCUT2D eigenvalue weighted by Crippen LogP contribution is -2.08. The van der Waals surface area contributed by atoms with Crippen LogP contribution in [0.3, 0.4) is 0 Å². The van der Waals surface area contributed by atoms with Gasteiger partial charge in [-0.3, -0.25) is 9.48 Å². The van der Waals surface area contributed by atoms with Gasteiger partial charge in [0.05, 0.1) is 17.8 Å². The molecule has 0 aliphatic rings. The van der Waals surface area contributed by atoms with Crippen LogP contribution in [0.25, 0.3) is 0 Å². The van der Waals surface area contributed by atoms with Crippen LogP contribution in [0.4, 0.5) is 0 Å². The van der Waals surface area contributed by atoms with E-state index in [4.69, 9.17) is 0 Å². The number of ketones is 1. The highest BCUT2D eigenvalue weighted by Gasteiger charge is 2.20. The summed E-state index contributed by atoms with van der Waals surface area (Å²) in [6.45, 7) is 6.76. The third-order valence-corrected chi connectivity index (χ3v) is 4.17. The molecule has 3 nitrogen and oxygen atoms in total. The third-order valence-electron chi connectivity index (χ3n) is 3.65. The standard InChI is InChI=1S/C17H21BrN2O/c1-4-14-17(16(21)6-3)15(5-2)20(19-14)11-12-7-9-13(18)10-8-12/h7-10H,4-6,11H2,1-3H3. The predicted molar refractivity (Wildman–Crippen MR) is 88.8 cm³/mol. The summed E-state index contributed by atoms with van der Waals surface area (Å²) in [7, 11) is 0. The lowest BCUT2D eigenvalue weighted by atomic mass is 10.0. The minimum Gasteiger partial charge on any atom is -0.294 e. The Morgan fingerprint density at radius 1 is 1.14 bits per heavy atom. The van der Waals surface area contributed by atoms with E-state index in [0.717, 1.165) is 34.3 Å². The van der Waals surface area contributed by atoms with E-state index in [2.05, 4.69) is 47.0 Å². The summed E-state index contributed by atoms with van der Waals surface area (Å²) in [6.07, 6.45) is 2.15. The van der Waals surface area contributed by atoms with E-state index in [-0.39, 0.29) is 5.78 Å². The fourth-order valence-electron chi connectivity index (χ4n) is 2.55. The Bertz CT molecular complexity index is 629. The first-order chi connectivity index (χ1) is 10.1. The van der Waals surface area contributed by atoms with Crippen molar-refractivity contribution in [3.05, 3.63) is 51.3 Å². The number of benzene rings is 1. The zero-order valence-corrected chi connectivity index (χ0v) is 14.4. The van der Waals surface area contributed by atoms with Gasteiger partial charge in [0.25, 0.3) is 0 Å². The largest absolute Gasteiger partial charge is 0.294 e. The molecule has 0 unspecified atom stereocenters. The van der Waals surface area contributed by atoms with Crippen LogP contribution >= 0.6 is 15.9 Å². The second-order valence-electron chi connectivity index (χ2n) is 5.04. The summed E-state index contributed by atoms with van der Waals surface area (Å²) in [5, 5.41) is 4.67. The van der Waals surface area contributed by atoms with Crippen molar-refractivity contribution in [3.8, 4) is 0 Å². The molecule has 0 saturated heterocycles. The molecule has 0 saturated carbocycles. The first kappa shape index (κ1) is 16.0. The first-order valence-corrected chi connectivity index (χ1v) is 8.26. The van der Waals surface area contributed by atoms with Crippen LogP contribution in [0.5, 0.6) is 0 Å². The summed E-state index contributed by atoms with van der Waals surface area (Å²) in [5.74, 6) is 0.200. The van der Waals surface area contributed by atoms with Gasteiger partial charge in [-0.15, -0.1) is 0 Å². The van der Waals surface area contributed by atoms with Gasteiger partial charge >= 0.3 is 0 Å². The number of halogens is 1. The van der Waals surface area contributed by atoms with Crippen LogP contribution in [0.1, 0.15) is 54.5 Å². The van der Waals surface area contributed by atoms with Gasteiger partial charge in [-0.05, 0) is 30.5 Å². The van der Waals surface area contributed by atoms with Crippen molar-refractivity contribution in [2.75, 3.05) is 0 Å². The van der Waals surface area contributed by atoms with Crippen LogP contribution in [0.2, 0.25) is 0 Å². The van der Waals surface area contributed by atoms with Crippen molar-refractivity contribution in [2.45, 2.75) is 46.6 Å². The van der Waals surface area contributed by atoms with E-state index < -0.39 is 0 Å². The third kappa shape index (κ3) is 3.43. The molecular weight excluding hydrogens is 328 g/mol. The predicted octanol–water partition coefficient (Wildman–Crippen LogP) is 4.41. The lowest BCUT2D eigenvalue weighted by Gasteiger charge is -2.07. The van der Waals surface area contributed by atoms with Crippen LogP contribution < -0.4 is 0 Å². The quantitative estimate of drug-likeness (QED) is 0.724. The van der Waals surface area contributed by atoms with Crippen molar-refractivity contribution in [1.29, 1.82) is 0 Å². The van der Waals surface area contributed by atoms with E-state index in [1.165, 1.54) is 5.56 Å². The highest BCUT2D eigenvalue weighted by molar-refractivity contribution is 9.10. The molecule has 0 radical (unpaired) electrons. The summed E-state index contributed by atoms with van der Waals surface area (Å²) >= 11 is 3.45. The Kier molecular flexibility index (Phi) is 5.34. The monoisotopic (exact) mass is 348 g/mol. The van der Waals surface area contributed by atoms with Crippen molar-refractivity contribution in [1.82, 2.24) is 9.78 Å². The number of nitrogens with zero attached hydrogens (tertiary/aromatic N) is 2. The first-order valence-electron chi connectivity index (χ1n) is 7.46. The molecule has 0 aliphatic heterocycles. The molecule has 1 aromatic carbocycles. The summed E-state index contributed by atoms with van der Waals surface area (Å²) < 4.78 is 3.06. The Morgan fingerprint density at radius 3 is 2.33 bits per heavy atom. The fraction of sp³-hybridized carbons (Fsp3) is 0.412. The van der Waals surface area contributed by atoms with E-state index in [1.54, 1.807) is 0 Å². The minimum absolute atomic E-state index is 0.200. The van der Waals surface area contributed by atoms with Crippen LogP contribution in [-0.4, -0.2) is 15.6 Å². The molecule has 0 spiro atoms. The van der Waals surface area contributed by atoms with Crippen molar-refractivity contribution in [2.24, 2.45) is 0 Å². The molecule has 1 aromatic heterocycles. The minimum atomic E-state index is 0.200. The van der Waals surface area contributed by atoms with Gasteiger partial charge in [0.2, 0.25) is 0 Å². The summed E-state index contributed by atoms with van der Waals surface area (Å²) in [4.78, 5) is 12.2. The van der Waals surface area contributed by atoms with E-state index >= 15 is 0 Å². The van der Waals surface area contributed by atoms with Crippen molar-refractivity contribution < 1.29 is 4.79 Å². The van der Waals surface area contributed by atoms with Crippen molar-refractivity contribution >= 4 is 21.7 Å². The molecule has 2 aromatic rings. The highest BCUT2D eigenvalue weighted by atomic mass is 79.9. The number of carbonyl (C=O) groups excluding carboxylic acids is 1. The van der Waals surface area contributed by atoms with Crippen LogP contribution in [-0.2, 0) is 19.4 Å². The van der Waals surface area contributed by atoms with Gasteiger partial charge in [0.1, 0.15) is 0 Å². The fourth-order valence-corrected chi connectivity index (χ4v) is 2.81. The second-order valence-corrected chi connectivity index (χ2v) is 5.95. The number of hydrogen-bond donors (Lipinski definition) is 0. The number of Topliss-reactive ketones (excluding diaryl/α,β-unsaturated/α-hetero) is 1. The maximum Gasteiger partial charge on any atom is 0.166 e. The second kappa shape index (κ2) is 7.03. The normalized spacial score (nSPS) is 10.9. The number of aryl methyl sites for hydroxylation is 1. The lowest BCUT2D eigenvalue weighted by molar-refractivity contribution is 0.0986. The maximum atomic E-state index is 12.2. The molecule has 0 N–H and O–H groups in total. The molecule has 0 aliphatic carbocycles. The molecule has 0 fully saturated rings. The average Bonchev–Trinajstić information content (AvgIpc) is 2.86. The Labute approximate surface area is 134 Å². The summed E-state index contributed by atoms with van der Waals surface area (Å²) in [5.41, 5.74) is 4.02. The van der Waals surface area contributed by atoms with Gasteiger partial charge in [-0.25, -0.2) is 0 Å².